The van der Waals surface area contributed by atoms with Crippen LogP contribution in [0.1, 0.15) is 12.8 Å². The molecule has 1 aromatic heterocycles. The zero-order valence-electron chi connectivity index (χ0n) is 7.01. The molecule has 0 saturated heterocycles. The maximum absolute atomic E-state index is 8.24. The van der Waals surface area contributed by atoms with Gasteiger partial charge in [-0.2, -0.15) is 0 Å². The van der Waals surface area contributed by atoms with E-state index in [0.717, 1.165) is 12.2 Å². The van der Waals surface area contributed by atoms with Crippen LogP contribution in [0.5, 0.6) is 0 Å². The number of oxime groups is 1. The van der Waals surface area contributed by atoms with Crippen molar-refractivity contribution in [1.29, 1.82) is 0 Å². The Hall–Kier alpha value is -1.17. The lowest BCUT2D eigenvalue weighted by Gasteiger charge is -1.96. The minimum atomic E-state index is 0.257. The summed E-state index contributed by atoms with van der Waals surface area (Å²) in [4.78, 5) is 3.94. The molecule has 0 aliphatic rings. The van der Waals surface area contributed by atoms with Crippen molar-refractivity contribution < 1.29 is 9.62 Å². The van der Waals surface area contributed by atoms with Crippen LogP contribution in [-0.4, -0.2) is 21.8 Å². The lowest BCUT2D eigenvalue weighted by atomic mass is 10.3. The van der Waals surface area contributed by atoms with Crippen LogP contribution in [0, 0.1) is 0 Å². The molecule has 5 nitrogen and oxygen atoms in total. The third-order valence-corrected chi connectivity index (χ3v) is 2.28. The summed E-state index contributed by atoms with van der Waals surface area (Å²) in [5, 5.41) is 11.8. The standard InChI is InChI=1S/C7H11N3O2S/c8-6(10-11)2-1-5-13-7-9-3-4-12-7/h3-4,11H,1-2,5H2,(H2,8,10). The van der Waals surface area contributed by atoms with Crippen LogP contribution in [-0.2, 0) is 0 Å². The summed E-state index contributed by atoms with van der Waals surface area (Å²) in [5.41, 5.74) is 5.28. The Morgan fingerprint density at radius 2 is 2.62 bits per heavy atom. The van der Waals surface area contributed by atoms with Crippen molar-refractivity contribution in [2.24, 2.45) is 10.9 Å². The molecule has 0 bridgehead atoms. The van der Waals surface area contributed by atoms with Gasteiger partial charge < -0.3 is 15.4 Å². The van der Waals surface area contributed by atoms with Gasteiger partial charge in [-0.25, -0.2) is 4.98 Å². The molecule has 0 spiro atoms. The molecule has 0 fully saturated rings. The van der Waals surface area contributed by atoms with Crippen LogP contribution in [0.25, 0.3) is 0 Å². The van der Waals surface area contributed by atoms with Crippen molar-refractivity contribution in [2.45, 2.75) is 18.1 Å². The predicted octanol–water partition coefficient (Wildman–Crippen LogP) is 1.29. The van der Waals surface area contributed by atoms with E-state index in [1.54, 1.807) is 6.20 Å². The lowest BCUT2D eigenvalue weighted by Crippen LogP contribution is -2.11. The van der Waals surface area contributed by atoms with Crippen molar-refractivity contribution in [3.63, 3.8) is 0 Å². The fourth-order valence-corrected chi connectivity index (χ4v) is 1.47. The highest BCUT2D eigenvalue weighted by Crippen LogP contribution is 2.15. The van der Waals surface area contributed by atoms with E-state index < -0.39 is 0 Å². The highest BCUT2D eigenvalue weighted by atomic mass is 32.2. The molecule has 3 N–H and O–H groups in total. The van der Waals surface area contributed by atoms with Crippen molar-refractivity contribution in [3.8, 4) is 0 Å². The van der Waals surface area contributed by atoms with Crippen molar-refractivity contribution in [2.75, 3.05) is 5.75 Å². The van der Waals surface area contributed by atoms with E-state index in [9.17, 15) is 0 Å². The van der Waals surface area contributed by atoms with Crippen LogP contribution >= 0.6 is 11.8 Å². The Balaban J connectivity index is 2.08. The van der Waals surface area contributed by atoms with E-state index in [1.807, 2.05) is 0 Å². The van der Waals surface area contributed by atoms with Gasteiger partial charge in [0.05, 0.1) is 6.20 Å². The molecule has 0 aliphatic carbocycles. The number of thioether (sulfide) groups is 1. The van der Waals surface area contributed by atoms with Crippen molar-refractivity contribution in [1.82, 2.24) is 4.98 Å². The molecule has 0 unspecified atom stereocenters. The number of nitrogens with zero attached hydrogens (tertiary/aromatic N) is 2. The third kappa shape index (κ3) is 3.84. The zero-order chi connectivity index (χ0) is 9.52. The van der Waals surface area contributed by atoms with Gasteiger partial charge in [-0.05, 0) is 6.42 Å². The van der Waals surface area contributed by atoms with E-state index in [0.29, 0.717) is 11.6 Å². The second-order valence-electron chi connectivity index (χ2n) is 2.34. The SMILES string of the molecule is N/C(CCCSc1ncco1)=N/O. The predicted molar refractivity (Wildman–Crippen MR) is 49.9 cm³/mol. The molecule has 0 radical (unpaired) electrons. The first kappa shape index (κ1) is 9.91. The van der Waals surface area contributed by atoms with Gasteiger partial charge in [0.15, 0.2) is 0 Å². The number of hydrogen-bond donors (Lipinski definition) is 2. The van der Waals surface area contributed by atoms with Crippen LogP contribution in [0.15, 0.2) is 27.3 Å². The molecule has 13 heavy (non-hydrogen) atoms. The number of rotatable bonds is 5. The summed E-state index contributed by atoms with van der Waals surface area (Å²) < 4.78 is 5.01. The summed E-state index contributed by atoms with van der Waals surface area (Å²) in [6.45, 7) is 0. The number of hydrogen-bond acceptors (Lipinski definition) is 5. The van der Waals surface area contributed by atoms with Crippen LogP contribution in [0.3, 0.4) is 0 Å². The first-order chi connectivity index (χ1) is 6.33. The number of nitrogens with two attached hydrogens (primary N) is 1. The molecule has 0 atom stereocenters. The molecule has 0 aromatic carbocycles. The second kappa shape index (κ2) is 5.47. The van der Waals surface area contributed by atoms with Gasteiger partial charge in [-0.15, -0.1) is 0 Å². The first-order valence-electron chi connectivity index (χ1n) is 3.81. The second-order valence-corrected chi connectivity index (χ2v) is 3.39. The van der Waals surface area contributed by atoms with Gasteiger partial charge in [0, 0.05) is 12.2 Å². The topological polar surface area (TPSA) is 84.6 Å². The van der Waals surface area contributed by atoms with Gasteiger partial charge in [-0.1, -0.05) is 16.9 Å². The molecule has 6 heteroatoms. The maximum atomic E-state index is 8.24. The Morgan fingerprint density at radius 3 is 3.23 bits per heavy atom. The van der Waals surface area contributed by atoms with E-state index in [4.69, 9.17) is 15.4 Å². The van der Waals surface area contributed by atoms with E-state index in [1.165, 1.54) is 18.0 Å². The van der Waals surface area contributed by atoms with Gasteiger partial charge in [0.2, 0.25) is 0 Å². The Bertz CT molecular complexity index is 261. The van der Waals surface area contributed by atoms with Crippen molar-refractivity contribution in [3.05, 3.63) is 12.5 Å². The van der Waals surface area contributed by atoms with Gasteiger partial charge in [-0.3, -0.25) is 0 Å². The monoisotopic (exact) mass is 201 g/mol. The number of aromatic nitrogens is 1. The first-order valence-corrected chi connectivity index (χ1v) is 4.80. The molecular weight excluding hydrogens is 190 g/mol. The number of amidine groups is 1. The average molecular weight is 201 g/mol. The normalized spacial score (nSPS) is 11.8. The number of oxazole rings is 1. The van der Waals surface area contributed by atoms with E-state index in [2.05, 4.69) is 10.1 Å². The Labute approximate surface area is 80.0 Å². The third-order valence-electron chi connectivity index (χ3n) is 1.34. The average Bonchev–Trinajstić information content (AvgIpc) is 2.64. The maximum Gasteiger partial charge on any atom is 0.255 e. The summed E-state index contributed by atoms with van der Waals surface area (Å²) in [6.07, 6.45) is 4.56. The molecule has 1 heterocycles. The zero-order valence-corrected chi connectivity index (χ0v) is 7.83. The highest BCUT2D eigenvalue weighted by molar-refractivity contribution is 7.99. The Morgan fingerprint density at radius 1 is 1.77 bits per heavy atom. The molecule has 0 aliphatic heterocycles. The highest BCUT2D eigenvalue weighted by Gasteiger charge is 1.98. The quantitative estimate of drug-likeness (QED) is 0.187. The fourth-order valence-electron chi connectivity index (χ4n) is 0.744. The van der Waals surface area contributed by atoms with Gasteiger partial charge in [0.1, 0.15) is 12.1 Å². The summed E-state index contributed by atoms with van der Waals surface area (Å²) >= 11 is 1.51. The lowest BCUT2D eigenvalue weighted by molar-refractivity contribution is 0.317. The molecule has 72 valence electrons. The van der Waals surface area contributed by atoms with E-state index >= 15 is 0 Å². The minimum absolute atomic E-state index is 0.257. The Kier molecular flexibility index (Phi) is 4.17. The summed E-state index contributed by atoms with van der Waals surface area (Å²) in [6, 6.07) is 0. The van der Waals surface area contributed by atoms with Crippen LogP contribution in [0.2, 0.25) is 0 Å². The van der Waals surface area contributed by atoms with Crippen LogP contribution in [0.4, 0.5) is 0 Å². The largest absolute Gasteiger partial charge is 0.440 e. The van der Waals surface area contributed by atoms with E-state index in [-0.39, 0.29) is 5.84 Å². The molecule has 0 amide bonds. The molecular formula is C7H11N3O2S. The van der Waals surface area contributed by atoms with Gasteiger partial charge >= 0.3 is 0 Å². The minimum Gasteiger partial charge on any atom is -0.440 e. The smallest absolute Gasteiger partial charge is 0.255 e. The molecule has 0 saturated carbocycles. The van der Waals surface area contributed by atoms with Crippen LogP contribution < -0.4 is 5.73 Å². The van der Waals surface area contributed by atoms with Gasteiger partial charge in [0.25, 0.3) is 5.22 Å². The molecule has 1 aromatic rings. The van der Waals surface area contributed by atoms with Crippen molar-refractivity contribution >= 4 is 17.6 Å². The summed E-state index contributed by atoms with van der Waals surface area (Å²) in [7, 11) is 0. The summed E-state index contributed by atoms with van der Waals surface area (Å²) in [5.74, 6) is 1.10. The fraction of sp³-hybridized carbons (Fsp3) is 0.429. The molecule has 1 rings (SSSR count).